The van der Waals surface area contributed by atoms with Crippen LogP contribution in [0.25, 0.3) is 0 Å². The Labute approximate surface area is 163 Å². The monoisotopic (exact) mass is 383 g/mol. The highest BCUT2D eigenvalue weighted by Crippen LogP contribution is 2.20. The number of nitrogens with one attached hydrogen (secondary N) is 1. The molecule has 0 spiro atoms. The molecule has 148 valence electrons. The molecule has 28 heavy (non-hydrogen) atoms. The molecule has 0 saturated heterocycles. The quantitative estimate of drug-likeness (QED) is 0.872. The maximum absolute atomic E-state index is 12.8. The summed E-state index contributed by atoms with van der Waals surface area (Å²) < 4.78 is 6.97. The summed E-state index contributed by atoms with van der Waals surface area (Å²) in [5.74, 6) is 1.47. The van der Waals surface area contributed by atoms with Gasteiger partial charge < -0.3 is 19.5 Å². The van der Waals surface area contributed by atoms with Gasteiger partial charge in [-0.2, -0.15) is 0 Å². The van der Waals surface area contributed by atoms with Crippen molar-refractivity contribution in [1.29, 1.82) is 0 Å². The molecule has 2 aromatic rings. The largest absolute Gasteiger partial charge is 0.497 e. The number of methoxy groups -OCH3 is 1. The number of hydrogen-bond donors (Lipinski definition) is 1. The van der Waals surface area contributed by atoms with Gasteiger partial charge in [-0.3, -0.25) is 9.59 Å². The molecular formula is C20H25N5O3. The van der Waals surface area contributed by atoms with Crippen LogP contribution >= 0.6 is 0 Å². The summed E-state index contributed by atoms with van der Waals surface area (Å²) in [5.41, 5.74) is 0.601. The highest BCUT2D eigenvalue weighted by Gasteiger charge is 2.28. The average molecular weight is 383 g/mol. The Morgan fingerprint density at radius 1 is 1.07 bits per heavy atom. The van der Waals surface area contributed by atoms with E-state index in [4.69, 9.17) is 4.74 Å². The summed E-state index contributed by atoms with van der Waals surface area (Å²) in [6.45, 7) is 1.37. The molecule has 1 fully saturated rings. The van der Waals surface area contributed by atoms with E-state index in [0.29, 0.717) is 42.6 Å². The van der Waals surface area contributed by atoms with Gasteiger partial charge >= 0.3 is 0 Å². The third-order valence-electron chi connectivity index (χ3n) is 5.52. The second kappa shape index (κ2) is 8.00. The van der Waals surface area contributed by atoms with Gasteiger partial charge in [-0.25, -0.2) is 0 Å². The highest BCUT2D eigenvalue weighted by atomic mass is 16.5. The van der Waals surface area contributed by atoms with Crippen LogP contribution in [-0.4, -0.2) is 51.2 Å². The van der Waals surface area contributed by atoms with E-state index in [1.807, 2.05) is 4.57 Å². The van der Waals surface area contributed by atoms with E-state index in [1.165, 1.54) is 6.42 Å². The SMILES string of the molecule is COc1ccc(C(=O)N2CCn3c(nnc3C(=O)NC3CCCCC3)C2)cc1. The topological polar surface area (TPSA) is 89.3 Å². The third-order valence-corrected chi connectivity index (χ3v) is 5.52. The molecule has 2 amide bonds. The van der Waals surface area contributed by atoms with Gasteiger partial charge in [-0.1, -0.05) is 19.3 Å². The Bertz CT molecular complexity index is 855. The van der Waals surface area contributed by atoms with Gasteiger partial charge in [0.25, 0.3) is 11.8 Å². The molecule has 8 nitrogen and oxygen atoms in total. The number of hydrogen-bond acceptors (Lipinski definition) is 5. The molecule has 1 saturated carbocycles. The first-order valence-electron chi connectivity index (χ1n) is 9.82. The molecule has 0 unspecified atom stereocenters. The lowest BCUT2D eigenvalue weighted by atomic mass is 9.95. The Morgan fingerprint density at radius 3 is 2.54 bits per heavy atom. The Morgan fingerprint density at radius 2 is 1.82 bits per heavy atom. The molecule has 2 aliphatic rings. The van der Waals surface area contributed by atoms with Gasteiger partial charge in [0.2, 0.25) is 5.82 Å². The Hall–Kier alpha value is -2.90. The van der Waals surface area contributed by atoms with Crippen LogP contribution in [0.4, 0.5) is 0 Å². The summed E-state index contributed by atoms with van der Waals surface area (Å²) in [4.78, 5) is 27.1. The van der Waals surface area contributed by atoms with E-state index in [0.717, 1.165) is 25.7 Å². The Kier molecular flexibility index (Phi) is 5.27. The van der Waals surface area contributed by atoms with Gasteiger partial charge in [0, 0.05) is 24.7 Å². The van der Waals surface area contributed by atoms with Crippen LogP contribution in [0.1, 0.15) is 58.9 Å². The van der Waals surface area contributed by atoms with Crippen molar-refractivity contribution in [3.8, 4) is 5.75 Å². The summed E-state index contributed by atoms with van der Waals surface area (Å²) in [5, 5.41) is 11.3. The summed E-state index contributed by atoms with van der Waals surface area (Å²) >= 11 is 0. The molecule has 0 radical (unpaired) electrons. The molecule has 0 bridgehead atoms. The normalized spacial score (nSPS) is 17.1. The first-order chi connectivity index (χ1) is 13.7. The minimum absolute atomic E-state index is 0.0647. The van der Waals surface area contributed by atoms with Crippen molar-refractivity contribution in [1.82, 2.24) is 25.0 Å². The van der Waals surface area contributed by atoms with Gasteiger partial charge in [-0.05, 0) is 37.1 Å². The van der Waals surface area contributed by atoms with Crippen molar-refractivity contribution in [2.24, 2.45) is 0 Å². The number of carbonyl (C=O) groups is 2. The maximum atomic E-state index is 12.8. The van der Waals surface area contributed by atoms with E-state index in [2.05, 4.69) is 15.5 Å². The van der Waals surface area contributed by atoms with Crippen molar-refractivity contribution in [2.75, 3.05) is 13.7 Å². The smallest absolute Gasteiger partial charge is 0.289 e. The second-order valence-electron chi connectivity index (χ2n) is 7.36. The molecule has 4 rings (SSSR count). The first kappa shape index (κ1) is 18.5. The van der Waals surface area contributed by atoms with Crippen molar-refractivity contribution in [3.63, 3.8) is 0 Å². The average Bonchev–Trinajstić information content (AvgIpc) is 3.17. The van der Waals surface area contributed by atoms with Gasteiger partial charge in [-0.15, -0.1) is 10.2 Å². The molecule has 8 heteroatoms. The fourth-order valence-corrected chi connectivity index (χ4v) is 3.91. The lowest BCUT2D eigenvalue weighted by Crippen LogP contribution is -2.41. The van der Waals surface area contributed by atoms with Crippen LogP contribution in [-0.2, 0) is 13.1 Å². The number of nitrogens with zero attached hydrogens (tertiary/aromatic N) is 4. The molecule has 1 aliphatic heterocycles. The van der Waals surface area contributed by atoms with Gasteiger partial charge in [0.1, 0.15) is 5.75 Å². The van der Waals surface area contributed by atoms with E-state index < -0.39 is 0 Å². The lowest BCUT2D eigenvalue weighted by Gasteiger charge is -2.28. The number of amides is 2. The predicted octanol–water partition coefficient (Wildman–Crippen LogP) is 2.01. The van der Waals surface area contributed by atoms with Crippen LogP contribution in [0.5, 0.6) is 5.75 Å². The van der Waals surface area contributed by atoms with Crippen LogP contribution < -0.4 is 10.1 Å². The van der Waals surface area contributed by atoms with E-state index in [9.17, 15) is 9.59 Å². The number of fused-ring (bicyclic) bond motifs is 1. The number of ether oxygens (including phenoxy) is 1. The number of aromatic nitrogens is 3. The van der Waals surface area contributed by atoms with Crippen LogP contribution in [0.2, 0.25) is 0 Å². The van der Waals surface area contributed by atoms with Gasteiger partial charge in [0.05, 0.1) is 13.7 Å². The van der Waals surface area contributed by atoms with Crippen LogP contribution in [0.3, 0.4) is 0 Å². The molecule has 1 aliphatic carbocycles. The summed E-state index contributed by atoms with van der Waals surface area (Å²) in [6, 6.07) is 7.28. The first-order valence-corrected chi connectivity index (χ1v) is 9.82. The van der Waals surface area contributed by atoms with Crippen molar-refractivity contribution < 1.29 is 14.3 Å². The minimum Gasteiger partial charge on any atom is -0.497 e. The maximum Gasteiger partial charge on any atom is 0.289 e. The van der Waals surface area contributed by atoms with Crippen molar-refractivity contribution in [3.05, 3.63) is 41.5 Å². The van der Waals surface area contributed by atoms with E-state index >= 15 is 0 Å². The zero-order valence-corrected chi connectivity index (χ0v) is 16.1. The van der Waals surface area contributed by atoms with Crippen molar-refractivity contribution in [2.45, 2.75) is 51.2 Å². The van der Waals surface area contributed by atoms with Crippen LogP contribution in [0, 0.1) is 0 Å². The van der Waals surface area contributed by atoms with E-state index in [1.54, 1.807) is 36.3 Å². The molecule has 1 aromatic heterocycles. The molecule has 2 heterocycles. The highest BCUT2D eigenvalue weighted by molar-refractivity contribution is 5.94. The fraction of sp³-hybridized carbons (Fsp3) is 0.500. The minimum atomic E-state index is -0.166. The summed E-state index contributed by atoms with van der Waals surface area (Å²) in [6.07, 6.45) is 5.61. The fourth-order valence-electron chi connectivity index (χ4n) is 3.91. The predicted molar refractivity (Wildman–Crippen MR) is 102 cm³/mol. The van der Waals surface area contributed by atoms with Crippen LogP contribution in [0.15, 0.2) is 24.3 Å². The zero-order valence-electron chi connectivity index (χ0n) is 16.1. The number of benzene rings is 1. The van der Waals surface area contributed by atoms with Gasteiger partial charge in [0.15, 0.2) is 5.82 Å². The second-order valence-corrected chi connectivity index (χ2v) is 7.36. The molecular weight excluding hydrogens is 358 g/mol. The molecule has 1 N–H and O–H groups in total. The molecule has 0 atom stereocenters. The number of rotatable bonds is 4. The Balaban J connectivity index is 1.43. The zero-order chi connectivity index (χ0) is 19.5. The lowest BCUT2D eigenvalue weighted by molar-refractivity contribution is 0.0705. The third kappa shape index (κ3) is 3.72. The number of carbonyl (C=O) groups excluding carboxylic acids is 2. The standard InChI is InChI=1S/C20H25N5O3/c1-28-16-9-7-14(8-10-16)20(27)24-11-12-25-17(13-24)22-23-18(25)19(26)21-15-5-3-2-4-6-15/h7-10,15H,2-6,11-13H2,1H3,(H,21,26). The van der Waals surface area contributed by atoms with Crippen molar-refractivity contribution >= 4 is 11.8 Å². The molecule has 1 aromatic carbocycles. The summed E-state index contributed by atoms with van der Waals surface area (Å²) in [7, 11) is 1.59. The van der Waals surface area contributed by atoms with E-state index in [-0.39, 0.29) is 17.9 Å².